The number of carbonyl (C=O) groups is 2. The number of hydrogen-bond acceptors (Lipinski definition) is 10. The lowest BCUT2D eigenvalue weighted by molar-refractivity contribution is -0.385. The Kier molecular flexibility index (Phi) is 13.4. The van der Waals surface area contributed by atoms with Gasteiger partial charge in [0.25, 0.3) is 5.69 Å². The van der Waals surface area contributed by atoms with Gasteiger partial charge in [0.1, 0.15) is 11.9 Å². The van der Waals surface area contributed by atoms with E-state index in [1.165, 1.54) is 18.2 Å². The van der Waals surface area contributed by atoms with E-state index in [9.17, 15) is 19.7 Å². The molecule has 2 aromatic carbocycles. The summed E-state index contributed by atoms with van der Waals surface area (Å²) in [7, 11) is 2.83. The molecule has 0 saturated heterocycles. The van der Waals surface area contributed by atoms with Gasteiger partial charge in [-0.05, 0) is 24.1 Å². The van der Waals surface area contributed by atoms with Crippen LogP contribution in [0.5, 0.6) is 11.6 Å². The van der Waals surface area contributed by atoms with Crippen LogP contribution in [0.2, 0.25) is 0 Å². The van der Waals surface area contributed by atoms with E-state index in [2.05, 4.69) is 10.3 Å². The minimum atomic E-state index is -0.895. The number of nitrogens with one attached hydrogen (secondary N) is 1. The topological polar surface area (TPSA) is 133 Å². The first-order chi connectivity index (χ1) is 20.7. The molecule has 0 aliphatic heterocycles. The van der Waals surface area contributed by atoms with Crippen molar-refractivity contribution in [3.05, 3.63) is 94.2 Å². The number of hydrogen-bond donors (Lipinski definition) is 1. The van der Waals surface area contributed by atoms with Crippen LogP contribution in [0.4, 0.5) is 5.69 Å². The number of methoxy groups -OCH3 is 1. The van der Waals surface area contributed by atoms with Crippen molar-refractivity contribution < 1.29 is 28.7 Å². The van der Waals surface area contributed by atoms with E-state index in [1.54, 1.807) is 37.0 Å². The summed E-state index contributed by atoms with van der Waals surface area (Å²) in [5.74, 6) is -0.00636. The number of ether oxygens (including phenoxy) is 3. The van der Waals surface area contributed by atoms with Gasteiger partial charge in [-0.3, -0.25) is 14.9 Å². The standard InChI is InChI=1S/C31H38N4O7S/c1-22(2)43-29(33-18-24-17-28(32-19-26(24)35(38)39)42-25-13-9-6-10-14-25)15-16-30(36)34(3)27(31(37)40-4)21-41-20-23-11-7-5-8-12-23/h5-14,17,19,22,27,29,33H,15-16,18,20-21H2,1-4H3/t27-,29?/m0/s1. The van der Waals surface area contributed by atoms with Crippen molar-refractivity contribution in [1.29, 1.82) is 0 Å². The fourth-order valence-electron chi connectivity index (χ4n) is 4.15. The molecule has 1 aromatic heterocycles. The molecule has 0 aliphatic rings. The van der Waals surface area contributed by atoms with Crippen LogP contribution in [0, 0.1) is 10.1 Å². The third kappa shape index (κ3) is 11.0. The molecule has 3 rings (SSSR count). The van der Waals surface area contributed by atoms with Crippen molar-refractivity contribution in [1.82, 2.24) is 15.2 Å². The number of rotatable bonds is 17. The van der Waals surface area contributed by atoms with Crippen molar-refractivity contribution >= 4 is 29.3 Å². The Morgan fingerprint density at radius 3 is 2.40 bits per heavy atom. The Balaban J connectivity index is 1.63. The van der Waals surface area contributed by atoms with E-state index in [0.29, 0.717) is 24.3 Å². The van der Waals surface area contributed by atoms with E-state index in [0.717, 1.165) is 5.56 Å². The van der Waals surface area contributed by atoms with Gasteiger partial charge in [0.2, 0.25) is 11.8 Å². The van der Waals surface area contributed by atoms with E-state index >= 15 is 0 Å². The number of nitrogens with zero attached hydrogens (tertiary/aromatic N) is 3. The van der Waals surface area contributed by atoms with E-state index in [-0.39, 0.29) is 47.7 Å². The average Bonchev–Trinajstić information content (AvgIpc) is 3.00. The highest BCUT2D eigenvalue weighted by Gasteiger charge is 2.29. The first-order valence-electron chi connectivity index (χ1n) is 13.9. The zero-order valence-electron chi connectivity index (χ0n) is 24.8. The van der Waals surface area contributed by atoms with Crippen LogP contribution < -0.4 is 10.1 Å². The minimum absolute atomic E-state index is 0.00861. The van der Waals surface area contributed by atoms with Crippen LogP contribution in [0.1, 0.15) is 37.8 Å². The zero-order valence-corrected chi connectivity index (χ0v) is 25.6. The normalized spacial score (nSPS) is 12.4. The molecule has 0 fully saturated rings. The second kappa shape index (κ2) is 17.2. The van der Waals surface area contributed by atoms with E-state index < -0.39 is 16.9 Å². The fraction of sp³-hybridized carbons (Fsp3) is 0.387. The molecule has 0 saturated carbocycles. The summed E-state index contributed by atoms with van der Waals surface area (Å²) < 4.78 is 16.4. The third-order valence-electron chi connectivity index (χ3n) is 6.40. The highest BCUT2D eigenvalue weighted by atomic mass is 32.2. The summed E-state index contributed by atoms with van der Waals surface area (Å²) in [6.07, 6.45) is 1.75. The second-order valence-corrected chi connectivity index (χ2v) is 11.7. The molecule has 3 aromatic rings. The van der Waals surface area contributed by atoms with E-state index in [1.807, 2.05) is 62.4 Å². The number of nitro groups is 1. The van der Waals surface area contributed by atoms with Crippen LogP contribution in [0.15, 0.2) is 72.9 Å². The van der Waals surface area contributed by atoms with Crippen LogP contribution >= 0.6 is 11.8 Å². The second-order valence-electron chi connectivity index (χ2n) is 9.96. The van der Waals surface area contributed by atoms with Crippen molar-refractivity contribution in [3.63, 3.8) is 0 Å². The molecule has 0 spiro atoms. The quantitative estimate of drug-likeness (QED) is 0.0924. The van der Waals surface area contributed by atoms with Gasteiger partial charge in [-0.2, -0.15) is 0 Å². The van der Waals surface area contributed by atoms with Gasteiger partial charge in [-0.25, -0.2) is 9.78 Å². The van der Waals surface area contributed by atoms with Gasteiger partial charge in [0.05, 0.1) is 36.2 Å². The zero-order chi connectivity index (χ0) is 31.2. The number of likely N-dealkylation sites (N-methyl/N-ethyl adjacent to an activating group) is 1. The fourth-order valence-corrected chi connectivity index (χ4v) is 5.24. The third-order valence-corrected chi connectivity index (χ3v) is 7.68. The SMILES string of the molecule is COC(=O)[C@H](COCc1ccccc1)N(C)C(=O)CCC(NCc1cc(Oc2ccccc2)ncc1[N+](=O)[O-])SC(C)C. The van der Waals surface area contributed by atoms with Crippen molar-refractivity contribution in [3.8, 4) is 11.6 Å². The number of carbonyl (C=O) groups excluding carboxylic acids is 2. The number of benzene rings is 2. The van der Waals surface area contributed by atoms with Gasteiger partial charge in [0.15, 0.2) is 6.04 Å². The van der Waals surface area contributed by atoms with Crippen LogP contribution in [0.25, 0.3) is 0 Å². The summed E-state index contributed by atoms with van der Waals surface area (Å²) in [5.41, 5.74) is 1.23. The first kappa shape index (κ1) is 33.5. The van der Waals surface area contributed by atoms with Crippen molar-refractivity contribution in [2.24, 2.45) is 0 Å². The summed E-state index contributed by atoms with van der Waals surface area (Å²) in [6, 6.07) is 19.2. The van der Waals surface area contributed by atoms with E-state index in [4.69, 9.17) is 14.2 Å². The Morgan fingerprint density at radius 1 is 1.09 bits per heavy atom. The molecule has 1 heterocycles. The number of amides is 1. The first-order valence-corrected chi connectivity index (χ1v) is 14.8. The molecule has 11 nitrogen and oxygen atoms in total. The maximum absolute atomic E-state index is 13.2. The summed E-state index contributed by atoms with van der Waals surface area (Å²) in [4.78, 5) is 42.3. The van der Waals surface area contributed by atoms with Gasteiger partial charge >= 0.3 is 5.97 Å². The molecule has 1 N–H and O–H groups in total. The lowest BCUT2D eigenvalue weighted by Crippen LogP contribution is -2.46. The number of aromatic nitrogens is 1. The molecule has 1 unspecified atom stereocenters. The summed E-state index contributed by atoms with van der Waals surface area (Å²) in [6.45, 7) is 4.52. The highest BCUT2D eigenvalue weighted by molar-refractivity contribution is 8.00. The predicted octanol–water partition coefficient (Wildman–Crippen LogP) is 5.34. The number of esters is 1. The molecule has 0 aliphatic carbocycles. The molecule has 43 heavy (non-hydrogen) atoms. The summed E-state index contributed by atoms with van der Waals surface area (Å²) >= 11 is 1.61. The number of thioether (sulfide) groups is 1. The Bertz CT molecular complexity index is 1330. The average molecular weight is 611 g/mol. The van der Waals surface area contributed by atoms with Gasteiger partial charge in [-0.15, -0.1) is 11.8 Å². The molecule has 0 bridgehead atoms. The Morgan fingerprint density at radius 2 is 1.77 bits per heavy atom. The maximum atomic E-state index is 13.2. The largest absolute Gasteiger partial charge is 0.467 e. The lowest BCUT2D eigenvalue weighted by Gasteiger charge is -2.27. The predicted molar refractivity (Wildman–Crippen MR) is 165 cm³/mol. The van der Waals surface area contributed by atoms with Crippen LogP contribution in [-0.2, 0) is 32.2 Å². The number of para-hydroxylation sites is 1. The molecule has 12 heteroatoms. The molecule has 0 radical (unpaired) electrons. The van der Waals surface area contributed by atoms with Crippen LogP contribution in [-0.4, -0.2) is 64.1 Å². The van der Waals surface area contributed by atoms with Gasteiger partial charge < -0.3 is 24.4 Å². The van der Waals surface area contributed by atoms with Crippen molar-refractivity contribution in [2.45, 2.75) is 56.5 Å². The molecule has 1 amide bonds. The Labute approximate surface area is 256 Å². The van der Waals surface area contributed by atoms with Crippen molar-refractivity contribution in [2.75, 3.05) is 20.8 Å². The summed E-state index contributed by atoms with van der Waals surface area (Å²) in [5, 5.41) is 15.1. The van der Waals surface area contributed by atoms with Crippen LogP contribution in [0.3, 0.4) is 0 Å². The van der Waals surface area contributed by atoms with Gasteiger partial charge in [0, 0.05) is 31.3 Å². The molecule has 2 atom stereocenters. The monoisotopic (exact) mass is 610 g/mol. The number of pyridine rings is 1. The molecular weight excluding hydrogens is 572 g/mol. The Hall–Kier alpha value is -4.00. The highest BCUT2D eigenvalue weighted by Crippen LogP contribution is 2.27. The lowest BCUT2D eigenvalue weighted by atomic mass is 10.2. The maximum Gasteiger partial charge on any atom is 0.330 e. The minimum Gasteiger partial charge on any atom is -0.467 e. The molecule has 230 valence electrons. The van der Waals surface area contributed by atoms with Gasteiger partial charge in [-0.1, -0.05) is 62.4 Å². The molecular formula is C31H38N4O7S. The smallest absolute Gasteiger partial charge is 0.330 e.